The third-order valence-electron chi connectivity index (χ3n) is 5.70. The van der Waals surface area contributed by atoms with Crippen LogP contribution in [0.25, 0.3) is 10.9 Å². The maximum Gasteiger partial charge on any atom is 0.326 e. The van der Waals surface area contributed by atoms with Gasteiger partial charge in [0.2, 0.25) is 17.7 Å². The molecular formula is C25H29N5O7. The van der Waals surface area contributed by atoms with E-state index < -0.39 is 55.0 Å². The number of aromatic amines is 1. The molecule has 0 saturated carbocycles. The Kier molecular flexibility index (Phi) is 9.19. The summed E-state index contributed by atoms with van der Waals surface area (Å²) >= 11 is 0. The van der Waals surface area contributed by atoms with Gasteiger partial charge in [0.1, 0.15) is 23.9 Å². The molecule has 1 aromatic heterocycles. The van der Waals surface area contributed by atoms with E-state index in [0.717, 1.165) is 10.9 Å². The SMILES string of the molecule is NC(CO)C(=O)NCC(=O)NC(Cc1c[nH]c2ccccc12)C(=O)NC(Cc1ccc(O)cc1)C(=O)O. The highest BCUT2D eigenvalue weighted by molar-refractivity contribution is 5.93. The number of aromatic hydroxyl groups is 1. The quantitative estimate of drug-likeness (QED) is 0.153. The number of hydrogen-bond acceptors (Lipinski definition) is 7. The minimum atomic E-state index is -1.30. The number of amides is 3. The van der Waals surface area contributed by atoms with Crippen molar-refractivity contribution in [3.8, 4) is 5.75 Å². The van der Waals surface area contributed by atoms with Crippen molar-refractivity contribution in [2.24, 2.45) is 5.73 Å². The Bertz CT molecular complexity index is 1260. The fraction of sp³-hybridized carbons (Fsp3) is 0.280. The van der Waals surface area contributed by atoms with E-state index in [-0.39, 0.29) is 18.6 Å². The number of carboxylic acids is 1. The van der Waals surface area contributed by atoms with Crippen LogP contribution in [0.5, 0.6) is 5.75 Å². The molecule has 2 aromatic carbocycles. The molecule has 12 heteroatoms. The molecule has 3 unspecified atom stereocenters. The number of nitrogens with one attached hydrogen (secondary N) is 4. The molecular weight excluding hydrogens is 482 g/mol. The summed E-state index contributed by atoms with van der Waals surface area (Å²) in [5, 5.41) is 36.2. The number of carbonyl (C=O) groups excluding carboxylic acids is 3. The lowest BCUT2D eigenvalue weighted by molar-refractivity contribution is -0.142. The lowest BCUT2D eigenvalue weighted by Gasteiger charge is -2.22. The van der Waals surface area contributed by atoms with E-state index in [1.807, 2.05) is 24.3 Å². The molecule has 9 N–H and O–H groups in total. The molecule has 37 heavy (non-hydrogen) atoms. The maximum absolute atomic E-state index is 13.2. The Morgan fingerprint density at radius 3 is 2.30 bits per heavy atom. The summed E-state index contributed by atoms with van der Waals surface area (Å²) in [5.41, 5.74) is 7.53. The van der Waals surface area contributed by atoms with Crippen molar-refractivity contribution in [3.63, 3.8) is 0 Å². The highest BCUT2D eigenvalue weighted by atomic mass is 16.4. The van der Waals surface area contributed by atoms with Crippen LogP contribution in [0, 0.1) is 0 Å². The monoisotopic (exact) mass is 511 g/mol. The number of phenols is 1. The number of nitrogens with two attached hydrogens (primary N) is 1. The van der Waals surface area contributed by atoms with Crippen LogP contribution in [0.4, 0.5) is 0 Å². The second kappa shape index (κ2) is 12.5. The lowest BCUT2D eigenvalue weighted by atomic mass is 10.0. The van der Waals surface area contributed by atoms with E-state index in [4.69, 9.17) is 10.8 Å². The third kappa shape index (κ3) is 7.53. The predicted octanol–water partition coefficient (Wildman–Crippen LogP) is -0.851. The van der Waals surface area contributed by atoms with Gasteiger partial charge in [-0.3, -0.25) is 14.4 Å². The van der Waals surface area contributed by atoms with E-state index in [1.165, 1.54) is 12.1 Å². The number of aromatic nitrogens is 1. The number of H-pyrrole nitrogens is 1. The fourth-order valence-electron chi connectivity index (χ4n) is 3.70. The van der Waals surface area contributed by atoms with Crippen LogP contribution < -0.4 is 21.7 Å². The number of rotatable bonds is 12. The van der Waals surface area contributed by atoms with Crippen molar-refractivity contribution in [1.82, 2.24) is 20.9 Å². The number of benzene rings is 2. The largest absolute Gasteiger partial charge is 0.508 e. The van der Waals surface area contributed by atoms with Crippen LogP contribution >= 0.6 is 0 Å². The molecule has 0 spiro atoms. The normalized spacial score (nSPS) is 13.4. The molecule has 3 aromatic rings. The van der Waals surface area contributed by atoms with E-state index >= 15 is 0 Å². The Morgan fingerprint density at radius 1 is 0.919 bits per heavy atom. The molecule has 0 fully saturated rings. The van der Waals surface area contributed by atoms with Gasteiger partial charge in [0, 0.05) is 29.9 Å². The predicted molar refractivity (Wildman–Crippen MR) is 133 cm³/mol. The van der Waals surface area contributed by atoms with Crippen LogP contribution in [0.1, 0.15) is 11.1 Å². The van der Waals surface area contributed by atoms with Gasteiger partial charge in [-0.15, -0.1) is 0 Å². The summed E-state index contributed by atoms with van der Waals surface area (Å²) in [6.45, 7) is -1.10. The van der Waals surface area contributed by atoms with Crippen molar-refractivity contribution in [2.45, 2.75) is 31.0 Å². The van der Waals surface area contributed by atoms with Gasteiger partial charge in [-0.1, -0.05) is 30.3 Å². The van der Waals surface area contributed by atoms with E-state index in [0.29, 0.717) is 11.1 Å². The standard InChI is InChI=1S/C25H29N5O7/c26-18(13-31)23(34)28-12-22(33)29-20(10-15-11-27-19-4-2-1-3-17(15)19)24(35)30-21(25(36)37)9-14-5-7-16(32)8-6-14/h1-8,11,18,20-21,27,31-32H,9-10,12-13,26H2,(H,28,34)(H,29,33)(H,30,35)(H,36,37). The zero-order chi connectivity index (χ0) is 26.9. The average molecular weight is 512 g/mol. The third-order valence-corrected chi connectivity index (χ3v) is 5.70. The molecule has 0 aliphatic heterocycles. The fourth-order valence-corrected chi connectivity index (χ4v) is 3.70. The number of hydrogen-bond donors (Lipinski definition) is 8. The molecule has 0 saturated heterocycles. The average Bonchev–Trinajstić information content (AvgIpc) is 3.29. The highest BCUT2D eigenvalue weighted by Gasteiger charge is 2.28. The molecule has 3 atom stereocenters. The minimum Gasteiger partial charge on any atom is -0.508 e. The summed E-state index contributed by atoms with van der Waals surface area (Å²) < 4.78 is 0. The number of para-hydroxylation sites is 1. The number of carboxylic acid groups (broad SMARTS) is 1. The molecule has 0 bridgehead atoms. The van der Waals surface area contributed by atoms with Gasteiger partial charge >= 0.3 is 5.97 Å². The maximum atomic E-state index is 13.2. The van der Waals surface area contributed by atoms with Crippen LogP contribution in [-0.4, -0.2) is 75.3 Å². The van der Waals surface area contributed by atoms with Crippen LogP contribution in [0.15, 0.2) is 54.7 Å². The van der Waals surface area contributed by atoms with Crippen LogP contribution in [0.3, 0.4) is 0 Å². The number of carbonyl (C=O) groups is 4. The number of aliphatic hydroxyl groups excluding tert-OH is 1. The highest BCUT2D eigenvalue weighted by Crippen LogP contribution is 2.19. The van der Waals surface area contributed by atoms with Crippen LogP contribution in [0.2, 0.25) is 0 Å². The Hall–Kier alpha value is -4.42. The summed E-state index contributed by atoms with van der Waals surface area (Å²) in [6, 6.07) is 9.60. The first kappa shape index (κ1) is 27.2. The van der Waals surface area contributed by atoms with Gasteiger partial charge in [-0.25, -0.2) is 4.79 Å². The van der Waals surface area contributed by atoms with Gasteiger partial charge in [-0.05, 0) is 29.3 Å². The summed E-state index contributed by atoms with van der Waals surface area (Å²) in [4.78, 5) is 52.5. The topological polar surface area (TPSA) is 207 Å². The Balaban J connectivity index is 1.76. The zero-order valence-corrected chi connectivity index (χ0v) is 19.8. The second-order valence-corrected chi connectivity index (χ2v) is 8.46. The molecule has 12 nitrogen and oxygen atoms in total. The number of aliphatic carboxylic acids is 1. The summed E-state index contributed by atoms with van der Waals surface area (Å²) in [5.74, 6) is -3.43. The first-order chi connectivity index (χ1) is 17.7. The molecule has 0 aliphatic rings. The second-order valence-electron chi connectivity index (χ2n) is 8.46. The molecule has 3 rings (SSSR count). The van der Waals surface area contributed by atoms with Crippen molar-refractivity contribution in [3.05, 3.63) is 65.9 Å². The van der Waals surface area contributed by atoms with Crippen molar-refractivity contribution < 1.29 is 34.5 Å². The zero-order valence-electron chi connectivity index (χ0n) is 19.8. The van der Waals surface area contributed by atoms with Crippen molar-refractivity contribution in [1.29, 1.82) is 0 Å². The molecule has 0 aliphatic carbocycles. The van der Waals surface area contributed by atoms with Gasteiger partial charge in [0.05, 0.1) is 13.2 Å². The van der Waals surface area contributed by atoms with Gasteiger partial charge in [-0.2, -0.15) is 0 Å². The molecule has 1 heterocycles. The van der Waals surface area contributed by atoms with Gasteiger partial charge < -0.3 is 42.0 Å². The number of aliphatic hydroxyl groups is 1. The Morgan fingerprint density at radius 2 is 1.62 bits per heavy atom. The number of fused-ring (bicyclic) bond motifs is 1. The Labute approximate surface area is 211 Å². The lowest BCUT2D eigenvalue weighted by Crippen LogP contribution is -2.55. The van der Waals surface area contributed by atoms with Crippen molar-refractivity contribution >= 4 is 34.6 Å². The smallest absolute Gasteiger partial charge is 0.326 e. The van der Waals surface area contributed by atoms with E-state index in [9.17, 15) is 29.4 Å². The van der Waals surface area contributed by atoms with E-state index in [1.54, 1.807) is 18.3 Å². The number of phenolic OH excluding ortho intramolecular Hbond substituents is 1. The summed E-state index contributed by atoms with van der Waals surface area (Å²) in [6.07, 6.45) is 1.69. The van der Waals surface area contributed by atoms with Crippen molar-refractivity contribution in [2.75, 3.05) is 13.2 Å². The van der Waals surface area contributed by atoms with Crippen LogP contribution in [-0.2, 0) is 32.0 Å². The minimum absolute atomic E-state index is 0.0215. The summed E-state index contributed by atoms with van der Waals surface area (Å²) in [7, 11) is 0. The van der Waals surface area contributed by atoms with Gasteiger partial charge in [0.25, 0.3) is 0 Å². The first-order valence-electron chi connectivity index (χ1n) is 11.5. The molecule has 0 radical (unpaired) electrons. The molecule has 196 valence electrons. The first-order valence-corrected chi connectivity index (χ1v) is 11.5. The molecule has 3 amide bonds. The van der Waals surface area contributed by atoms with Gasteiger partial charge in [0.15, 0.2) is 0 Å². The van der Waals surface area contributed by atoms with E-state index in [2.05, 4.69) is 20.9 Å².